The first kappa shape index (κ1) is 21.7. The number of nitrogens with zero attached hydrogens (tertiary/aromatic N) is 5. The third-order valence-electron chi connectivity index (χ3n) is 5.75. The number of nitrogens with one attached hydrogen (secondary N) is 1. The zero-order chi connectivity index (χ0) is 22.5. The van der Waals surface area contributed by atoms with Gasteiger partial charge in [-0.3, -0.25) is 15.0 Å². The maximum absolute atomic E-state index is 12.0. The molecule has 3 aromatic rings. The molecule has 2 aromatic carbocycles. The smallest absolute Gasteiger partial charge is 0.348 e. The molecule has 2 heterocycles. The molecule has 0 unspecified atom stereocenters. The Kier molecular flexibility index (Phi) is 6.61. The third-order valence-corrected chi connectivity index (χ3v) is 5.75. The van der Waals surface area contributed by atoms with E-state index < -0.39 is 4.92 Å². The fraction of sp³-hybridized carbons (Fsp3) is 0.333. The van der Waals surface area contributed by atoms with E-state index in [1.807, 2.05) is 47.4 Å². The highest BCUT2D eigenvalue weighted by molar-refractivity contribution is 5.74. The van der Waals surface area contributed by atoms with E-state index in [1.54, 1.807) is 0 Å². The van der Waals surface area contributed by atoms with E-state index in [-0.39, 0.29) is 11.5 Å². The molecule has 0 spiro atoms. The minimum atomic E-state index is -0.392. The van der Waals surface area contributed by atoms with Gasteiger partial charge >= 0.3 is 5.69 Å². The lowest BCUT2D eigenvalue weighted by Gasteiger charge is -2.35. The van der Waals surface area contributed by atoms with Gasteiger partial charge in [-0.15, -0.1) is 0 Å². The summed E-state index contributed by atoms with van der Waals surface area (Å²) in [7, 11) is 0. The van der Waals surface area contributed by atoms with Gasteiger partial charge < -0.3 is 10.2 Å². The van der Waals surface area contributed by atoms with Gasteiger partial charge in [-0.1, -0.05) is 56.3 Å². The SMILES string of the molecule is CC(C)c1ccc(Nc2ncnc(N3CCN(Cc4ccccc4)CC3)c2[N+](=O)[O-])cc1. The number of aromatic nitrogens is 2. The number of anilines is 3. The molecule has 8 heteroatoms. The minimum absolute atomic E-state index is 0.0862. The molecule has 0 atom stereocenters. The highest BCUT2D eigenvalue weighted by Gasteiger charge is 2.29. The Bertz CT molecular complexity index is 1050. The summed E-state index contributed by atoms with van der Waals surface area (Å²) in [5.74, 6) is 0.999. The van der Waals surface area contributed by atoms with Gasteiger partial charge in [0.05, 0.1) is 4.92 Å². The molecule has 0 amide bonds. The summed E-state index contributed by atoms with van der Waals surface area (Å²) in [5.41, 5.74) is 3.15. The summed E-state index contributed by atoms with van der Waals surface area (Å²) in [6.45, 7) is 8.11. The normalized spacial score (nSPS) is 14.5. The molecule has 1 saturated heterocycles. The Labute approximate surface area is 188 Å². The molecule has 0 aliphatic carbocycles. The monoisotopic (exact) mass is 432 g/mol. The lowest BCUT2D eigenvalue weighted by atomic mass is 10.0. The Morgan fingerprint density at radius 1 is 1.00 bits per heavy atom. The summed E-state index contributed by atoms with van der Waals surface area (Å²) in [6.07, 6.45) is 1.39. The van der Waals surface area contributed by atoms with Gasteiger partial charge in [-0.25, -0.2) is 9.97 Å². The topological polar surface area (TPSA) is 87.4 Å². The molecule has 1 aliphatic rings. The molecule has 1 aromatic heterocycles. The molecule has 1 aliphatic heterocycles. The van der Waals surface area contributed by atoms with E-state index in [9.17, 15) is 10.1 Å². The highest BCUT2D eigenvalue weighted by atomic mass is 16.6. The van der Waals surface area contributed by atoms with Crippen LogP contribution in [0.5, 0.6) is 0 Å². The minimum Gasteiger partial charge on any atom is -0.348 e. The predicted octanol–water partition coefficient (Wildman–Crippen LogP) is 4.57. The molecule has 166 valence electrons. The van der Waals surface area contributed by atoms with Crippen molar-refractivity contribution in [1.82, 2.24) is 14.9 Å². The Balaban J connectivity index is 1.49. The van der Waals surface area contributed by atoms with Gasteiger partial charge in [0.15, 0.2) is 0 Å². The van der Waals surface area contributed by atoms with Crippen LogP contribution in [0, 0.1) is 10.1 Å². The van der Waals surface area contributed by atoms with Crippen LogP contribution >= 0.6 is 0 Å². The van der Waals surface area contributed by atoms with E-state index in [4.69, 9.17) is 0 Å². The standard InChI is InChI=1S/C24H28N6O2/c1-18(2)20-8-10-21(11-9-20)27-23-22(30(31)32)24(26-17-25-23)29-14-12-28(13-15-29)16-19-6-4-3-5-7-19/h3-11,17-18H,12-16H2,1-2H3,(H,25,26,27). The maximum atomic E-state index is 12.0. The van der Waals surface area contributed by atoms with Crippen LogP contribution < -0.4 is 10.2 Å². The molecule has 0 radical (unpaired) electrons. The molecule has 0 bridgehead atoms. The van der Waals surface area contributed by atoms with Gasteiger partial charge in [0, 0.05) is 38.4 Å². The summed E-state index contributed by atoms with van der Waals surface area (Å²) >= 11 is 0. The molecule has 32 heavy (non-hydrogen) atoms. The number of hydrogen-bond acceptors (Lipinski definition) is 7. The van der Waals surface area contributed by atoms with Crippen molar-refractivity contribution >= 4 is 23.0 Å². The van der Waals surface area contributed by atoms with Crippen LogP contribution in [0.15, 0.2) is 60.9 Å². The van der Waals surface area contributed by atoms with Crippen molar-refractivity contribution in [2.24, 2.45) is 0 Å². The zero-order valence-corrected chi connectivity index (χ0v) is 18.4. The number of benzene rings is 2. The van der Waals surface area contributed by atoms with Crippen LogP contribution in [0.25, 0.3) is 0 Å². The first-order valence-corrected chi connectivity index (χ1v) is 10.9. The van der Waals surface area contributed by atoms with Crippen molar-refractivity contribution < 1.29 is 4.92 Å². The molecule has 1 N–H and O–H groups in total. The van der Waals surface area contributed by atoms with Crippen LogP contribution in [-0.2, 0) is 6.54 Å². The number of hydrogen-bond donors (Lipinski definition) is 1. The van der Waals surface area contributed by atoms with Gasteiger partial charge in [-0.2, -0.15) is 0 Å². The fourth-order valence-corrected chi connectivity index (χ4v) is 3.91. The van der Waals surface area contributed by atoms with Crippen LogP contribution in [0.3, 0.4) is 0 Å². The van der Waals surface area contributed by atoms with Crippen molar-refractivity contribution in [1.29, 1.82) is 0 Å². The van der Waals surface area contributed by atoms with Crippen molar-refractivity contribution in [3.63, 3.8) is 0 Å². The fourth-order valence-electron chi connectivity index (χ4n) is 3.91. The van der Waals surface area contributed by atoms with Crippen LogP contribution in [-0.4, -0.2) is 46.0 Å². The highest BCUT2D eigenvalue weighted by Crippen LogP contribution is 2.34. The molecule has 0 saturated carbocycles. The Morgan fingerprint density at radius 3 is 2.31 bits per heavy atom. The molecule has 4 rings (SSSR count). The van der Waals surface area contributed by atoms with Crippen LogP contribution in [0.1, 0.15) is 30.9 Å². The van der Waals surface area contributed by atoms with E-state index in [2.05, 4.69) is 46.2 Å². The average Bonchev–Trinajstić information content (AvgIpc) is 2.80. The predicted molar refractivity (Wildman–Crippen MR) is 126 cm³/mol. The Hall–Kier alpha value is -3.52. The first-order valence-electron chi connectivity index (χ1n) is 10.9. The van der Waals surface area contributed by atoms with Gasteiger partial charge in [0.25, 0.3) is 0 Å². The van der Waals surface area contributed by atoms with Gasteiger partial charge in [0.2, 0.25) is 11.6 Å². The maximum Gasteiger partial charge on any atom is 0.353 e. The lowest BCUT2D eigenvalue weighted by Crippen LogP contribution is -2.46. The van der Waals surface area contributed by atoms with Gasteiger partial charge in [-0.05, 0) is 29.2 Å². The summed E-state index contributed by atoms with van der Waals surface area (Å²) in [5, 5.41) is 15.1. The van der Waals surface area contributed by atoms with E-state index in [0.717, 1.165) is 25.3 Å². The van der Waals surface area contributed by atoms with Crippen molar-refractivity contribution in [3.05, 3.63) is 82.2 Å². The lowest BCUT2D eigenvalue weighted by molar-refractivity contribution is -0.383. The van der Waals surface area contributed by atoms with Crippen molar-refractivity contribution in [2.75, 3.05) is 36.4 Å². The first-order chi connectivity index (χ1) is 15.5. The van der Waals surface area contributed by atoms with Gasteiger partial charge in [0.1, 0.15) is 6.33 Å². The molecular formula is C24H28N6O2. The summed E-state index contributed by atoms with van der Waals surface area (Å²) in [4.78, 5) is 24.4. The quantitative estimate of drug-likeness (QED) is 0.432. The van der Waals surface area contributed by atoms with E-state index in [1.165, 1.54) is 17.5 Å². The van der Waals surface area contributed by atoms with Crippen molar-refractivity contribution in [3.8, 4) is 0 Å². The van der Waals surface area contributed by atoms with Crippen molar-refractivity contribution in [2.45, 2.75) is 26.3 Å². The summed E-state index contributed by atoms with van der Waals surface area (Å²) in [6, 6.07) is 18.2. The average molecular weight is 433 g/mol. The molecular weight excluding hydrogens is 404 g/mol. The summed E-state index contributed by atoms with van der Waals surface area (Å²) < 4.78 is 0. The largest absolute Gasteiger partial charge is 0.353 e. The molecule has 8 nitrogen and oxygen atoms in total. The van der Waals surface area contributed by atoms with Crippen LogP contribution in [0.4, 0.5) is 23.0 Å². The third kappa shape index (κ3) is 5.03. The second-order valence-corrected chi connectivity index (χ2v) is 8.30. The second kappa shape index (κ2) is 9.74. The van der Waals surface area contributed by atoms with E-state index >= 15 is 0 Å². The zero-order valence-electron chi connectivity index (χ0n) is 18.4. The molecule has 1 fully saturated rings. The number of nitro groups is 1. The second-order valence-electron chi connectivity index (χ2n) is 8.30. The Morgan fingerprint density at radius 2 is 1.69 bits per heavy atom. The number of rotatable bonds is 7. The number of piperazine rings is 1. The van der Waals surface area contributed by atoms with E-state index in [0.29, 0.717) is 24.8 Å². The van der Waals surface area contributed by atoms with Crippen LogP contribution in [0.2, 0.25) is 0 Å².